The van der Waals surface area contributed by atoms with Gasteiger partial charge in [0.2, 0.25) is 0 Å². The molecule has 0 saturated heterocycles. The number of carbonyl (C=O) groups excluding carboxylic acids is 1. The third-order valence-electron chi connectivity index (χ3n) is 4.13. The van der Waals surface area contributed by atoms with Crippen LogP contribution >= 0.6 is 22.6 Å². The molecule has 1 amide bonds. The van der Waals surface area contributed by atoms with Gasteiger partial charge in [0.05, 0.1) is 11.4 Å². The second-order valence-electron chi connectivity index (χ2n) is 6.81. The van der Waals surface area contributed by atoms with Gasteiger partial charge < -0.3 is 21.1 Å². The van der Waals surface area contributed by atoms with E-state index in [1.165, 1.54) is 24.3 Å². The van der Waals surface area contributed by atoms with Crippen molar-refractivity contribution in [2.75, 3.05) is 22.8 Å². The van der Waals surface area contributed by atoms with E-state index >= 15 is 0 Å². The summed E-state index contributed by atoms with van der Waals surface area (Å²) in [5, 5.41) is 5.43. The molecule has 0 bridgehead atoms. The fourth-order valence-electron chi connectivity index (χ4n) is 2.73. The average Bonchev–Trinajstić information content (AvgIpc) is 2.68. The Balaban J connectivity index is 1.90. The van der Waals surface area contributed by atoms with Crippen LogP contribution < -0.4 is 21.1 Å². The van der Waals surface area contributed by atoms with Gasteiger partial charge in [-0.1, -0.05) is 0 Å². The standard InChI is InChI=1S/C21H18F2IN3O4S/c1-32(29,30)11-26-14-3-5-15(6-4-14)31-19-9-12(22)8-18(20(19)21(25)28)27-17-7-2-13(24)10-16(17)23/h2-10,26-27H,11H2,1H3,(H2,25,28). The van der Waals surface area contributed by atoms with E-state index < -0.39 is 27.4 Å². The first-order valence-corrected chi connectivity index (χ1v) is 12.2. The summed E-state index contributed by atoms with van der Waals surface area (Å²) in [5.74, 6) is -2.38. The Hall–Kier alpha value is -2.93. The minimum absolute atomic E-state index is 0.0331. The van der Waals surface area contributed by atoms with Crippen LogP contribution in [0, 0.1) is 15.2 Å². The lowest BCUT2D eigenvalue weighted by Crippen LogP contribution is -2.15. The second-order valence-corrected chi connectivity index (χ2v) is 10.2. The van der Waals surface area contributed by atoms with Gasteiger partial charge in [0.1, 0.15) is 34.6 Å². The predicted octanol–water partition coefficient (Wildman–Crippen LogP) is 4.62. The molecule has 3 rings (SSSR count). The normalized spacial score (nSPS) is 11.1. The summed E-state index contributed by atoms with van der Waals surface area (Å²) >= 11 is 1.95. The first-order valence-electron chi connectivity index (χ1n) is 9.07. The van der Waals surface area contributed by atoms with Gasteiger partial charge in [-0.05, 0) is 71.1 Å². The second kappa shape index (κ2) is 9.69. The first kappa shape index (κ1) is 23.7. The van der Waals surface area contributed by atoms with Crippen molar-refractivity contribution in [1.29, 1.82) is 0 Å². The highest BCUT2D eigenvalue weighted by molar-refractivity contribution is 14.1. The molecule has 0 heterocycles. The van der Waals surface area contributed by atoms with Gasteiger partial charge in [-0.25, -0.2) is 17.2 Å². The van der Waals surface area contributed by atoms with Gasteiger partial charge in [0.15, 0.2) is 9.84 Å². The fourth-order valence-corrected chi connectivity index (χ4v) is 3.62. The Labute approximate surface area is 197 Å². The predicted molar refractivity (Wildman–Crippen MR) is 127 cm³/mol. The third-order valence-corrected chi connectivity index (χ3v) is 5.47. The molecule has 3 aromatic carbocycles. The number of anilines is 3. The summed E-state index contributed by atoms with van der Waals surface area (Å²) in [6.07, 6.45) is 1.10. The number of hydrogen-bond acceptors (Lipinski definition) is 6. The molecule has 0 aliphatic carbocycles. The Bertz CT molecular complexity index is 1270. The Morgan fingerprint density at radius 2 is 1.75 bits per heavy atom. The maximum Gasteiger partial charge on any atom is 0.254 e. The van der Waals surface area contributed by atoms with Gasteiger partial charge >= 0.3 is 0 Å². The SMILES string of the molecule is CS(=O)(=O)CNc1ccc(Oc2cc(F)cc(Nc3ccc(I)cc3F)c2C(N)=O)cc1. The molecule has 0 saturated carbocycles. The lowest BCUT2D eigenvalue weighted by molar-refractivity contribution is 0.0999. The van der Waals surface area contributed by atoms with Crippen LogP contribution in [0.25, 0.3) is 0 Å². The van der Waals surface area contributed by atoms with E-state index in [2.05, 4.69) is 10.6 Å². The summed E-state index contributed by atoms with van der Waals surface area (Å²) in [6.45, 7) is 0. The van der Waals surface area contributed by atoms with Gasteiger partial charge in [0, 0.05) is 21.6 Å². The van der Waals surface area contributed by atoms with Crippen molar-refractivity contribution in [2.45, 2.75) is 0 Å². The monoisotopic (exact) mass is 573 g/mol. The summed E-state index contributed by atoms with van der Waals surface area (Å²) in [5.41, 5.74) is 5.83. The van der Waals surface area contributed by atoms with Crippen LogP contribution in [0.15, 0.2) is 54.6 Å². The van der Waals surface area contributed by atoms with E-state index in [-0.39, 0.29) is 34.3 Å². The molecule has 0 aromatic heterocycles. The zero-order valence-electron chi connectivity index (χ0n) is 16.7. The lowest BCUT2D eigenvalue weighted by atomic mass is 10.1. The minimum Gasteiger partial charge on any atom is -0.456 e. The minimum atomic E-state index is -3.21. The Morgan fingerprint density at radius 3 is 2.34 bits per heavy atom. The number of primary amides is 1. The van der Waals surface area contributed by atoms with E-state index in [1.54, 1.807) is 18.2 Å². The van der Waals surface area contributed by atoms with Crippen molar-refractivity contribution in [1.82, 2.24) is 0 Å². The Kier molecular flexibility index (Phi) is 7.19. The number of hydrogen-bond donors (Lipinski definition) is 3. The fraction of sp³-hybridized carbons (Fsp3) is 0.0952. The molecule has 11 heteroatoms. The van der Waals surface area contributed by atoms with Gasteiger partial charge in [0.25, 0.3) is 5.91 Å². The smallest absolute Gasteiger partial charge is 0.254 e. The van der Waals surface area contributed by atoms with E-state index in [0.29, 0.717) is 9.26 Å². The van der Waals surface area contributed by atoms with Crippen LogP contribution in [0.1, 0.15) is 10.4 Å². The zero-order valence-corrected chi connectivity index (χ0v) is 19.6. The number of benzene rings is 3. The third kappa shape index (κ3) is 6.29. The van der Waals surface area contributed by atoms with Crippen LogP contribution in [0.5, 0.6) is 11.5 Å². The topological polar surface area (TPSA) is 111 Å². The summed E-state index contributed by atoms with van der Waals surface area (Å²) in [4.78, 5) is 12.1. The van der Waals surface area contributed by atoms with Crippen molar-refractivity contribution in [3.8, 4) is 11.5 Å². The van der Waals surface area contributed by atoms with Crippen LogP contribution in [-0.4, -0.2) is 26.5 Å². The van der Waals surface area contributed by atoms with Crippen LogP contribution in [0.3, 0.4) is 0 Å². The summed E-state index contributed by atoms with van der Waals surface area (Å²) < 4.78 is 57.3. The molecular formula is C21H18F2IN3O4S. The number of nitrogens with one attached hydrogen (secondary N) is 2. The molecular weight excluding hydrogens is 555 g/mol. The Morgan fingerprint density at radius 1 is 1.06 bits per heavy atom. The van der Waals surface area contributed by atoms with Crippen molar-refractivity contribution in [3.63, 3.8) is 0 Å². The number of sulfone groups is 1. The highest BCUT2D eigenvalue weighted by Crippen LogP contribution is 2.34. The molecule has 168 valence electrons. The molecule has 0 atom stereocenters. The molecule has 0 radical (unpaired) electrons. The number of ether oxygens (including phenoxy) is 1. The molecule has 0 spiro atoms. The molecule has 32 heavy (non-hydrogen) atoms. The van der Waals surface area contributed by atoms with Crippen molar-refractivity contribution >= 4 is 55.4 Å². The zero-order chi connectivity index (χ0) is 23.5. The van der Waals surface area contributed by atoms with Crippen LogP contribution in [0.2, 0.25) is 0 Å². The van der Waals surface area contributed by atoms with Gasteiger partial charge in [-0.15, -0.1) is 0 Å². The van der Waals surface area contributed by atoms with E-state index in [1.807, 2.05) is 22.6 Å². The van der Waals surface area contributed by atoms with Crippen molar-refractivity contribution in [3.05, 3.63) is 75.4 Å². The van der Waals surface area contributed by atoms with Crippen molar-refractivity contribution < 1.29 is 26.7 Å². The van der Waals surface area contributed by atoms with Crippen molar-refractivity contribution in [2.24, 2.45) is 5.73 Å². The molecule has 4 N–H and O–H groups in total. The lowest BCUT2D eigenvalue weighted by Gasteiger charge is -2.16. The maximum atomic E-state index is 14.3. The number of amides is 1. The van der Waals surface area contributed by atoms with Gasteiger partial charge in [-0.3, -0.25) is 4.79 Å². The molecule has 0 fully saturated rings. The quantitative estimate of drug-likeness (QED) is 0.340. The molecule has 0 unspecified atom stereocenters. The highest BCUT2D eigenvalue weighted by Gasteiger charge is 2.19. The van der Waals surface area contributed by atoms with Gasteiger partial charge in [-0.2, -0.15) is 0 Å². The highest BCUT2D eigenvalue weighted by atomic mass is 127. The van der Waals surface area contributed by atoms with Crippen LogP contribution in [0.4, 0.5) is 25.8 Å². The molecule has 0 aliphatic heterocycles. The number of carbonyl (C=O) groups is 1. The molecule has 3 aromatic rings. The average molecular weight is 573 g/mol. The number of nitrogens with two attached hydrogens (primary N) is 1. The van der Waals surface area contributed by atoms with E-state index in [9.17, 15) is 22.0 Å². The molecule has 0 aliphatic rings. The van der Waals surface area contributed by atoms with E-state index in [0.717, 1.165) is 18.4 Å². The van der Waals surface area contributed by atoms with E-state index in [4.69, 9.17) is 10.5 Å². The first-order chi connectivity index (χ1) is 15.0. The number of halogens is 3. The largest absolute Gasteiger partial charge is 0.456 e. The summed E-state index contributed by atoms with van der Waals surface area (Å²) in [6, 6.07) is 12.5. The van der Waals surface area contributed by atoms with Crippen LogP contribution in [-0.2, 0) is 9.84 Å². The number of rotatable bonds is 8. The maximum absolute atomic E-state index is 14.3. The molecule has 7 nitrogen and oxygen atoms in total. The summed E-state index contributed by atoms with van der Waals surface area (Å²) in [7, 11) is -3.21.